The van der Waals surface area contributed by atoms with E-state index in [-0.39, 0.29) is 17.7 Å². The Kier molecular flexibility index (Phi) is 6.86. The molecule has 2 heterocycles. The Morgan fingerprint density at radius 2 is 1.68 bits per heavy atom. The minimum atomic E-state index is -0.555. The summed E-state index contributed by atoms with van der Waals surface area (Å²) in [6, 6.07) is 12.2. The van der Waals surface area contributed by atoms with Crippen LogP contribution in [0.4, 0.5) is 5.69 Å². The highest BCUT2D eigenvalue weighted by Crippen LogP contribution is 2.42. The Morgan fingerprint density at radius 3 is 2.32 bits per heavy atom. The standard InChI is InChI=1S/C22H23Cl3N4O2/c1-14-20(22(30)29(31)27-11-3-2-4-12-27)26-28(19-10-9-17(24)13-18(19)25)21(14)15-5-7-16(23)8-6-15/h5-10,13-14,21,29H,2-4,11-12H2,1H3/t14-,21+/m1/s1. The van der Waals surface area contributed by atoms with Crippen LogP contribution in [0.5, 0.6) is 0 Å². The Hall–Kier alpha value is -1.67. The third-order valence-electron chi connectivity index (χ3n) is 5.82. The summed E-state index contributed by atoms with van der Waals surface area (Å²) >= 11 is 18.6. The molecule has 0 radical (unpaired) electrons. The van der Waals surface area contributed by atoms with Gasteiger partial charge < -0.3 is 5.21 Å². The number of hydrazone groups is 1. The van der Waals surface area contributed by atoms with E-state index in [9.17, 15) is 10.0 Å². The van der Waals surface area contributed by atoms with Crippen molar-refractivity contribution in [2.24, 2.45) is 11.0 Å². The molecule has 2 aliphatic heterocycles. The Balaban J connectivity index is 1.71. The van der Waals surface area contributed by atoms with E-state index in [4.69, 9.17) is 34.8 Å². The van der Waals surface area contributed by atoms with Crippen LogP contribution in [-0.2, 0) is 4.79 Å². The van der Waals surface area contributed by atoms with Crippen LogP contribution in [0.3, 0.4) is 0 Å². The molecule has 3 atom stereocenters. The molecule has 1 saturated heterocycles. The van der Waals surface area contributed by atoms with Crippen molar-refractivity contribution in [3.8, 4) is 0 Å². The predicted molar refractivity (Wildman–Crippen MR) is 124 cm³/mol. The lowest BCUT2D eigenvalue weighted by Crippen LogP contribution is -3.17. The Morgan fingerprint density at radius 1 is 1.03 bits per heavy atom. The van der Waals surface area contributed by atoms with Crippen molar-refractivity contribution in [2.75, 3.05) is 18.1 Å². The average Bonchev–Trinajstić information content (AvgIpc) is 3.10. The molecular formula is C22H23Cl3N4O2. The van der Waals surface area contributed by atoms with Gasteiger partial charge >= 0.3 is 5.91 Å². The monoisotopic (exact) mass is 480 g/mol. The molecule has 0 aromatic heterocycles. The second-order valence-corrected chi connectivity index (χ2v) is 9.17. The van der Waals surface area contributed by atoms with E-state index in [0.717, 1.165) is 24.8 Å². The minimum Gasteiger partial charge on any atom is -0.605 e. The number of halogens is 3. The molecule has 164 valence electrons. The molecule has 0 bridgehead atoms. The summed E-state index contributed by atoms with van der Waals surface area (Å²) in [5, 5.41) is 21.9. The van der Waals surface area contributed by atoms with Crippen LogP contribution in [-0.4, -0.2) is 29.7 Å². The summed E-state index contributed by atoms with van der Waals surface area (Å²) in [5.74, 6) is -0.880. The fourth-order valence-corrected chi connectivity index (χ4v) is 4.81. The number of benzene rings is 2. The van der Waals surface area contributed by atoms with Gasteiger partial charge in [-0.05, 0) is 48.7 Å². The number of nitrogens with one attached hydrogen (secondary N) is 1. The molecule has 1 fully saturated rings. The molecule has 0 aliphatic carbocycles. The van der Waals surface area contributed by atoms with Crippen LogP contribution in [0.2, 0.25) is 15.1 Å². The van der Waals surface area contributed by atoms with Gasteiger partial charge in [-0.1, -0.05) is 60.3 Å². The molecule has 0 spiro atoms. The number of hydrogen-bond donors (Lipinski definition) is 1. The number of carbonyl (C=O) groups excluding carboxylic acids is 1. The zero-order valence-electron chi connectivity index (χ0n) is 17.0. The molecule has 31 heavy (non-hydrogen) atoms. The zero-order valence-corrected chi connectivity index (χ0v) is 19.3. The highest BCUT2D eigenvalue weighted by molar-refractivity contribution is 6.38. The first-order valence-corrected chi connectivity index (χ1v) is 11.4. The number of rotatable bonds is 4. The van der Waals surface area contributed by atoms with Gasteiger partial charge in [-0.3, -0.25) is 5.01 Å². The number of hydroxylamine groups is 1. The van der Waals surface area contributed by atoms with Gasteiger partial charge in [-0.2, -0.15) is 5.10 Å². The molecule has 2 aromatic rings. The molecule has 2 aromatic carbocycles. The van der Waals surface area contributed by atoms with Gasteiger partial charge in [-0.25, -0.2) is 9.97 Å². The lowest BCUT2D eigenvalue weighted by atomic mass is 9.91. The zero-order chi connectivity index (χ0) is 22.1. The first-order chi connectivity index (χ1) is 14.9. The van der Waals surface area contributed by atoms with Crippen LogP contribution in [0, 0.1) is 11.1 Å². The van der Waals surface area contributed by atoms with Gasteiger partial charge in [0.25, 0.3) is 0 Å². The number of piperidine rings is 1. The van der Waals surface area contributed by atoms with Crippen molar-refractivity contribution in [2.45, 2.75) is 32.2 Å². The lowest BCUT2D eigenvalue weighted by molar-refractivity contribution is -0.897. The summed E-state index contributed by atoms with van der Waals surface area (Å²) in [5.41, 5.74) is 1.77. The van der Waals surface area contributed by atoms with Crippen LogP contribution in [0.15, 0.2) is 47.6 Å². The largest absolute Gasteiger partial charge is 0.605 e. The van der Waals surface area contributed by atoms with Crippen LogP contribution in [0.1, 0.15) is 37.8 Å². The van der Waals surface area contributed by atoms with Gasteiger partial charge in [0.15, 0.2) is 5.71 Å². The summed E-state index contributed by atoms with van der Waals surface area (Å²) in [4.78, 5) is 13.2. The fourth-order valence-electron chi connectivity index (χ4n) is 4.19. The molecule has 1 unspecified atom stereocenters. The molecule has 6 nitrogen and oxygen atoms in total. The molecule has 4 rings (SSSR count). The van der Waals surface area contributed by atoms with Crippen LogP contribution in [0.25, 0.3) is 0 Å². The van der Waals surface area contributed by atoms with Crippen molar-refractivity contribution in [3.05, 3.63) is 68.3 Å². The van der Waals surface area contributed by atoms with E-state index < -0.39 is 11.1 Å². The van der Waals surface area contributed by atoms with E-state index in [1.165, 1.54) is 0 Å². The first-order valence-electron chi connectivity index (χ1n) is 10.3. The van der Waals surface area contributed by atoms with Crippen LogP contribution < -0.4 is 10.2 Å². The lowest BCUT2D eigenvalue weighted by Gasteiger charge is -2.34. The van der Waals surface area contributed by atoms with E-state index in [0.29, 0.717) is 33.8 Å². The quantitative estimate of drug-likeness (QED) is 0.653. The van der Waals surface area contributed by atoms with E-state index in [1.54, 1.807) is 40.3 Å². The molecule has 1 N–H and O–H groups in total. The van der Waals surface area contributed by atoms with Crippen molar-refractivity contribution in [1.82, 2.24) is 5.01 Å². The van der Waals surface area contributed by atoms with Gasteiger partial charge in [-0.15, -0.1) is 5.01 Å². The predicted octanol–water partition coefficient (Wildman–Crippen LogP) is 4.51. The molecule has 1 amide bonds. The summed E-state index contributed by atoms with van der Waals surface area (Å²) in [6.45, 7) is 3.13. The summed E-state index contributed by atoms with van der Waals surface area (Å²) < 4.78 is 0. The average molecular weight is 482 g/mol. The number of quaternary nitrogens is 1. The van der Waals surface area contributed by atoms with Crippen molar-refractivity contribution >= 4 is 52.1 Å². The Labute approximate surface area is 196 Å². The number of carbonyl (C=O) groups is 1. The molecule has 0 saturated carbocycles. The highest BCUT2D eigenvalue weighted by Gasteiger charge is 2.43. The topological polar surface area (TPSA) is 63.4 Å². The summed E-state index contributed by atoms with van der Waals surface area (Å²) in [6.07, 6.45) is 2.92. The molecular weight excluding hydrogens is 459 g/mol. The maximum Gasteiger partial charge on any atom is 0.380 e. The first kappa shape index (κ1) is 22.5. The highest BCUT2D eigenvalue weighted by atomic mass is 35.5. The van der Waals surface area contributed by atoms with E-state index in [2.05, 4.69) is 5.10 Å². The normalized spacial score (nSPS) is 23.0. The fraction of sp³-hybridized carbons (Fsp3) is 0.364. The smallest absolute Gasteiger partial charge is 0.380 e. The Bertz CT molecular complexity index is 993. The van der Waals surface area contributed by atoms with E-state index >= 15 is 0 Å². The molecule has 2 aliphatic rings. The second kappa shape index (κ2) is 9.45. The van der Waals surface area contributed by atoms with E-state index in [1.807, 2.05) is 19.1 Å². The van der Waals surface area contributed by atoms with Gasteiger partial charge in [0.1, 0.15) is 0 Å². The maximum absolute atomic E-state index is 13.2. The van der Waals surface area contributed by atoms with Crippen LogP contribution >= 0.6 is 34.8 Å². The van der Waals surface area contributed by atoms with Gasteiger partial charge in [0.05, 0.1) is 16.8 Å². The third-order valence-corrected chi connectivity index (χ3v) is 6.61. The number of amides is 1. The number of nitrogens with zero attached hydrogens (tertiary/aromatic N) is 3. The second-order valence-electron chi connectivity index (χ2n) is 7.89. The third kappa shape index (κ3) is 4.60. The van der Waals surface area contributed by atoms with Crippen molar-refractivity contribution < 1.29 is 9.97 Å². The van der Waals surface area contributed by atoms with Crippen molar-refractivity contribution in [1.29, 1.82) is 0 Å². The maximum atomic E-state index is 13.2. The van der Waals surface area contributed by atoms with Gasteiger partial charge in [0, 0.05) is 29.1 Å². The van der Waals surface area contributed by atoms with Gasteiger partial charge in [0.2, 0.25) is 0 Å². The van der Waals surface area contributed by atoms with Crippen molar-refractivity contribution in [3.63, 3.8) is 0 Å². The summed E-state index contributed by atoms with van der Waals surface area (Å²) in [7, 11) is 0. The SMILES string of the molecule is C[C@@H]1C(C(=O)[NH+]([O-])N2CCCCC2)=NN(c2ccc(Cl)cc2Cl)[C@@H]1c1ccc(Cl)cc1. The molecule has 9 heteroatoms. The minimum absolute atomic E-state index is 0.238. The number of anilines is 1. The number of hydrogen-bond acceptors (Lipinski definition) is 5.